The SMILES string of the molecule is O=CN1C2CCC3C4CCCC25CC2CCCCC21OC35CCC4. The summed E-state index contributed by atoms with van der Waals surface area (Å²) >= 11 is 0. The van der Waals surface area contributed by atoms with Crippen LogP contribution in [0, 0.1) is 23.2 Å². The molecule has 7 fully saturated rings. The van der Waals surface area contributed by atoms with Crippen molar-refractivity contribution in [1.82, 2.24) is 4.90 Å². The van der Waals surface area contributed by atoms with E-state index in [1.54, 1.807) is 0 Å². The fourth-order valence-corrected chi connectivity index (χ4v) is 8.99. The van der Waals surface area contributed by atoms with Crippen molar-refractivity contribution in [3.05, 3.63) is 0 Å². The Labute approximate surface area is 145 Å². The molecule has 0 aromatic carbocycles. The van der Waals surface area contributed by atoms with E-state index in [0.29, 0.717) is 12.0 Å². The fraction of sp³-hybridized carbons (Fsp3) is 0.952. The minimum Gasteiger partial charge on any atom is -0.348 e. The summed E-state index contributed by atoms with van der Waals surface area (Å²) < 4.78 is 7.34. The highest BCUT2D eigenvalue weighted by Gasteiger charge is 2.77. The predicted octanol–water partition coefficient (Wildman–Crippen LogP) is 4.25. The Hall–Kier alpha value is -0.570. The predicted molar refractivity (Wildman–Crippen MR) is 91.2 cm³/mol. The molecule has 0 N–H and O–H groups in total. The van der Waals surface area contributed by atoms with Gasteiger partial charge in [-0.1, -0.05) is 25.7 Å². The summed E-state index contributed by atoms with van der Waals surface area (Å²) in [5.41, 5.74) is 0.190. The number of carbonyl (C=O) groups excluding carboxylic acids is 1. The van der Waals surface area contributed by atoms with Crippen LogP contribution in [-0.4, -0.2) is 28.7 Å². The summed E-state index contributed by atoms with van der Waals surface area (Å²) in [4.78, 5) is 14.5. The molecule has 7 rings (SSSR count). The highest BCUT2D eigenvalue weighted by molar-refractivity contribution is 5.52. The minimum atomic E-state index is -0.225. The van der Waals surface area contributed by atoms with Gasteiger partial charge < -0.3 is 9.64 Å². The monoisotopic (exact) mass is 329 g/mol. The molecule has 7 atom stereocenters. The van der Waals surface area contributed by atoms with Crippen LogP contribution in [0.4, 0.5) is 0 Å². The molecule has 7 aliphatic rings. The molecule has 3 aliphatic heterocycles. The second-order valence-corrected chi connectivity index (χ2v) is 9.90. The maximum absolute atomic E-state index is 12.3. The molecule has 4 aliphatic carbocycles. The molecule has 1 amide bonds. The number of amides is 1. The Bertz CT molecular complexity index is 578. The maximum atomic E-state index is 12.3. The normalized spacial score (nSPS) is 57.9. The molecule has 4 saturated carbocycles. The minimum absolute atomic E-state index is 0.128. The summed E-state index contributed by atoms with van der Waals surface area (Å²) in [6.07, 6.45) is 18.3. The number of piperidine rings is 1. The number of ether oxygens (including phenoxy) is 1. The van der Waals surface area contributed by atoms with Gasteiger partial charge in [-0.05, 0) is 69.6 Å². The standard InChI is InChI=1S/C21H31NO2/c23-14-22-18-9-8-17-15-5-3-10-19(18)13-16-7-1-2-12-21(16,22)24-20(17,19)11-4-6-15/h14-18H,1-13H2. The van der Waals surface area contributed by atoms with Gasteiger partial charge in [0.15, 0.2) is 0 Å². The first-order valence-corrected chi connectivity index (χ1v) is 10.7. The van der Waals surface area contributed by atoms with Gasteiger partial charge in [-0.25, -0.2) is 0 Å². The lowest BCUT2D eigenvalue weighted by Crippen LogP contribution is -2.84. The van der Waals surface area contributed by atoms with Crippen molar-refractivity contribution < 1.29 is 9.53 Å². The number of hydrogen-bond donors (Lipinski definition) is 0. The zero-order valence-electron chi connectivity index (χ0n) is 14.8. The van der Waals surface area contributed by atoms with Crippen LogP contribution >= 0.6 is 0 Å². The molecule has 3 saturated heterocycles. The van der Waals surface area contributed by atoms with E-state index in [4.69, 9.17) is 4.74 Å². The van der Waals surface area contributed by atoms with Crippen LogP contribution in [0.2, 0.25) is 0 Å². The molecule has 24 heavy (non-hydrogen) atoms. The van der Waals surface area contributed by atoms with Crippen molar-refractivity contribution >= 4 is 6.41 Å². The number of rotatable bonds is 1. The zero-order valence-corrected chi connectivity index (χ0v) is 14.8. The summed E-state index contributed by atoms with van der Waals surface area (Å²) in [6, 6.07) is 0.478. The summed E-state index contributed by atoms with van der Waals surface area (Å²) in [6.45, 7) is 0. The summed E-state index contributed by atoms with van der Waals surface area (Å²) in [5, 5.41) is 0. The number of hydrogen-bond acceptors (Lipinski definition) is 2. The molecule has 0 aromatic rings. The van der Waals surface area contributed by atoms with Crippen molar-refractivity contribution in [3.8, 4) is 0 Å². The van der Waals surface area contributed by atoms with Crippen molar-refractivity contribution in [2.45, 2.75) is 101 Å². The van der Waals surface area contributed by atoms with Crippen LogP contribution in [0.3, 0.4) is 0 Å². The largest absolute Gasteiger partial charge is 0.348 e. The van der Waals surface area contributed by atoms with Gasteiger partial charge >= 0.3 is 0 Å². The van der Waals surface area contributed by atoms with Crippen molar-refractivity contribution in [2.75, 3.05) is 0 Å². The third-order valence-corrected chi connectivity index (χ3v) is 9.55. The van der Waals surface area contributed by atoms with Crippen molar-refractivity contribution in [3.63, 3.8) is 0 Å². The van der Waals surface area contributed by atoms with Crippen LogP contribution in [0.5, 0.6) is 0 Å². The van der Waals surface area contributed by atoms with Crippen LogP contribution in [0.25, 0.3) is 0 Å². The van der Waals surface area contributed by atoms with Crippen molar-refractivity contribution in [2.24, 2.45) is 23.2 Å². The Balaban J connectivity index is 1.58. The van der Waals surface area contributed by atoms with Gasteiger partial charge in [-0.15, -0.1) is 0 Å². The molecule has 3 heterocycles. The van der Waals surface area contributed by atoms with E-state index in [-0.39, 0.29) is 16.7 Å². The van der Waals surface area contributed by atoms with Gasteiger partial charge in [-0.3, -0.25) is 4.79 Å². The Morgan fingerprint density at radius 1 is 0.917 bits per heavy atom. The second kappa shape index (κ2) is 4.58. The topological polar surface area (TPSA) is 29.5 Å². The molecule has 3 spiro atoms. The summed E-state index contributed by atoms with van der Waals surface area (Å²) in [5.74, 6) is 2.30. The van der Waals surface area contributed by atoms with Crippen LogP contribution < -0.4 is 0 Å². The molecule has 0 radical (unpaired) electrons. The zero-order chi connectivity index (χ0) is 16.0. The first-order chi connectivity index (χ1) is 11.8. The molecule has 6 bridgehead atoms. The molecule has 0 aromatic heterocycles. The third kappa shape index (κ3) is 1.38. The maximum Gasteiger partial charge on any atom is 0.212 e. The highest BCUT2D eigenvalue weighted by atomic mass is 16.6. The average Bonchev–Trinajstić information content (AvgIpc) is 2.66. The highest BCUT2D eigenvalue weighted by Crippen LogP contribution is 2.74. The lowest BCUT2D eigenvalue weighted by Gasteiger charge is -2.78. The number of nitrogens with zero attached hydrogens (tertiary/aromatic N) is 1. The first-order valence-electron chi connectivity index (χ1n) is 10.7. The van der Waals surface area contributed by atoms with Gasteiger partial charge in [0.05, 0.1) is 5.60 Å². The molecular formula is C21H31NO2. The van der Waals surface area contributed by atoms with Crippen LogP contribution in [0.1, 0.15) is 83.5 Å². The lowest BCUT2D eigenvalue weighted by molar-refractivity contribution is -0.420. The fourth-order valence-electron chi connectivity index (χ4n) is 8.99. The smallest absolute Gasteiger partial charge is 0.212 e. The molecule has 3 nitrogen and oxygen atoms in total. The Morgan fingerprint density at radius 3 is 2.67 bits per heavy atom. The third-order valence-electron chi connectivity index (χ3n) is 9.55. The van der Waals surface area contributed by atoms with Gasteiger partial charge in [0, 0.05) is 17.4 Å². The van der Waals surface area contributed by atoms with E-state index in [9.17, 15) is 4.79 Å². The summed E-state index contributed by atoms with van der Waals surface area (Å²) in [7, 11) is 0. The van der Waals surface area contributed by atoms with Gasteiger partial charge in [0.2, 0.25) is 6.41 Å². The second-order valence-electron chi connectivity index (χ2n) is 9.90. The van der Waals surface area contributed by atoms with Crippen LogP contribution in [0.15, 0.2) is 0 Å². The van der Waals surface area contributed by atoms with E-state index in [0.717, 1.165) is 18.3 Å². The van der Waals surface area contributed by atoms with Crippen molar-refractivity contribution in [1.29, 1.82) is 0 Å². The van der Waals surface area contributed by atoms with Gasteiger partial charge in [0.25, 0.3) is 0 Å². The quantitative estimate of drug-likeness (QED) is 0.673. The van der Waals surface area contributed by atoms with E-state index in [1.807, 2.05) is 0 Å². The van der Waals surface area contributed by atoms with Crippen LogP contribution in [-0.2, 0) is 9.53 Å². The lowest BCUT2D eigenvalue weighted by atomic mass is 9.43. The molecule has 132 valence electrons. The van der Waals surface area contributed by atoms with E-state index in [2.05, 4.69) is 4.90 Å². The molecular weight excluding hydrogens is 298 g/mol. The first kappa shape index (κ1) is 14.6. The van der Waals surface area contributed by atoms with E-state index >= 15 is 0 Å². The van der Waals surface area contributed by atoms with Gasteiger partial charge in [0.1, 0.15) is 5.72 Å². The molecule has 7 unspecified atom stereocenters. The Morgan fingerprint density at radius 2 is 1.79 bits per heavy atom. The van der Waals surface area contributed by atoms with E-state index < -0.39 is 0 Å². The molecule has 3 heteroatoms. The van der Waals surface area contributed by atoms with Gasteiger partial charge in [-0.2, -0.15) is 0 Å². The van der Waals surface area contributed by atoms with E-state index in [1.165, 1.54) is 83.5 Å². The average molecular weight is 329 g/mol. The number of carbonyl (C=O) groups is 1. The Kier molecular flexibility index (Phi) is 2.78.